The van der Waals surface area contributed by atoms with E-state index < -0.39 is 0 Å². The lowest BCUT2D eigenvalue weighted by Gasteiger charge is -2.40. The van der Waals surface area contributed by atoms with Crippen molar-refractivity contribution in [2.24, 2.45) is 0 Å². The van der Waals surface area contributed by atoms with Gasteiger partial charge >= 0.3 is 0 Å². The van der Waals surface area contributed by atoms with E-state index in [1.165, 1.54) is 32.4 Å². The molecular formula is C29H37Cl2N3O. The van der Waals surface area contributed by atoms with Gasteiger partial charge in [-0.05, 0) is 75.5 Å². The summed E-state index contributed by atoms with van der Waals surface area (Å²) in [4.78, 5) is 22.0. The fraction of sp³-hybridized carbons (Fsp3) is 0.448. The van der Waals surface area contributed by atoms with Crippen molar-refractivity contribution in [2.75, 3.05) is 26.2 Å². The zero-order valence-corrected chi connectivity index (χ0v) is 22.7. The predicted molar refractivity (Wildman–Crippen MR) is 149 cm³/mol. The van der Waals surface area contributed by atoms with E-state index in [-0.39, 0.29) is 5.91 Å². The molecule has 35 heavy (non-hydrogen) atoms. The normalized spacial score (nSPS) is 16.7. The Morgan fingerprint density at radius 2 is 1.57 bits per heavy atom. The third-order valence-electron chi connectivity index (χ3n) is 6.61. The highest BCUT2D eigenvalue weighted by atomic mass is 35.5. The van der Waals surface area contributed by atoms with Gasteiger partial charge in [0.15, 0.2) is 0 Å². The molecule has 2 fully saturated rings. The lowest BCUT2D eigenvalue weighted by atomic mass is 9.99. The van der Waals surface area contributed by atoms with Crippen LogP contribution >= 0.6 is 23.2 Å². The highest BCUT2D eigenvalue weighted by Gasteiger charge is 2.28. The molecule has 6 heteroatoms. The second-order valence-corrected chi connectivity index (χ2v) is 9.73. The van der Waals surface area contributed by atoms with Crippen LogP contribution in [0.3, 0.4) is 0 Å². The van der Waals surface area contributed by atoms with Crippen molar-refractivity contribution in [2.45, 2.75) is 58.9 Å². The van der Waals surface area contributed by atoms with E-state index in [0.717, 1.165) is 48.0 Å². The number of carbonyl (C=O) groups excluding carboxylic acids is 1. The number of hydrogen-bond donors (Lipinski definition) is 0. The minimum absolute atomic E-state index is 0.158. The van der Waals surface area contributed by atoms with E-state index in [0.29, 0.717) is 16.1 Å². The van der Waals surface area contributed by atoms with Crippen LogP contribution in [-0.2, 0) is 0 Å². The van der Waals surface area contributed by atoms with Gasteiger partial charge < -0.3 is 9.80 Å². The van der Waals surface area contributed by atoms with Crippen molar-refractivity contribution in [1.82, 2.24) is 14.8 Å². The topological polar surface area (TPSA) is 36.4 Å². The molecule has 2 aliphatic heterocycles. The van der Waals surface area contributed by atoms with Crippen molar-refractivity contribution < 1.29 is 4.79 Å². The van der Waals surface area contributed by atoms with Crippen LogP contribution in [0.25, 0.3) is 10.9 Å². The van der Waals surface area contributed by atoms with Crippen LogP contribution < -0.4 is 0 Å². The molecule has 5 rings (SSSR count). The molecule has 0 N–H and O–H groups in total. The molecule has 0 spiro atoms. The van der Waals surface area contributed by atoms with Gasteiger partial charge in [0, 0.05) is 30.7 Å². The highest BCUT2D eigenvalue weighted by molar-refractivity contribution is 6.42. The van der Waals surface area contributed by atoms with Crippen LogP contribution in [0, 0.1) is 6.92 Å². The maximum atomic E-state index is 13.0. The number of pyridine rings is 1. The Labute approximate surface area is 220 Å². The first-order valence-corrected chi connectivity index (χ1v) is 13.6. The Kier molecular flexibility index (Phi) is 10.8. The summed E-state index contributed by atoms with van der Waals surface area (Å²) in [5.74, 6) is 0.158. The van der Waals surface area contributed by atoms with Crippen LogP contribution in [0.5, 0.6) is 0 Å². The SMILES string of the molecule is CC.Cc1ccc(Cl)c(Cl)c1.O=C(c1ccnc2ccccc12)N1CCC(N2CCCCC2)CC1. The molecule has 1 amide bonds. The Morgan fingerprint density at radius 3 is 2.23 bits per heavy atom. The molecule has 188 valence electrons. The Morgan fingerprint density at radius 1 is 0.886 bits per heavy atom. The molecule has 2 saturated heterocycles. The molecule has 1 aromatic heterocycles. The van der Waals surface area contributed by atoms with E-state index in [1.807, 2.05) is 68.1 Å². The number of piperidine rings is 2. The van der Waals surface area contributed by atoms with Gasteiger partial charge in [-0.1, -0.05) is 67.7 Å². The second kappa shape index (κ2) is 13.8. The van der Waals surface area contributed by atoms with Gasteiger partial charge in [0.1, 0.15) is 0 Å². The standard InChI is InChI=1S/C20H25N3O.C7H6Cl2.C2H6/c24-20(18-8-11-21-19-7-3-2-6-17(18)19)23-14-9-16(10-15-23)22-12-4-1-5-13-22;1-5-2-3-6(8)7(9)4-5;1-2/h2-3,6-8,11,16H,1,4-5,9-10,12-15H2;2-4H,1H3;1-2H3. The Bertz CT molecular complexity index is 1080. The van der Waals surface area contributed by atoms with Gasteiger partial charge in [0.25, 0.3) is 5.91 Å². The lowest BCUT2D eigenvalue weighted by molar-refractivity contribution is 0.0591. The van der Waals surface area contributed by atoms with E-state index in [2.05, 4.69) is 9.88 Å². The van der Waals surface area contributed by atoms with E-state index >= 15 is 0 Å². The molecule has 0 bridgehead atoms. The summed E-state index contributed by atoms with van der Waals surface area (Å²) in [6.45, 7) is 10.2. The van der Waals surface area contributed by atoms with Crippen LogP contribution in [-0.4, -0.2) is 52.9 Å². The zero-order valence-electron chi connectivity index (χ0n) is 21.1. The second-order valence-electron chi connectivity index (χ2n) is 8.91. The Hall–Kier alpha value is -2.14. The largest absolute Gasteiger partial charge is 0.339 e. The third kappa shape index (κ3) is 7.42. The first-order chi connectivity index (χ1) is 17.0. The van der Waals surface area contributed by atoms with E-state index in [4.69, 9.17) is 23.2 Å². The molecule has 4 nitrogen and oxygen atoms in total. The number of likely N-dealkylation sites (tertiary alicyclic amines) is 2. The summed E-state index contributed by atoms with van der Waals surface area (Å²) in [6, 6.07) is 16.0. The fourth-order valence-electron chi connectivity index (χ4n) is 4.77. The number of fused-ring (bicyclic) bond motifs is 1. The quantitative estimate of drug-likeness (QED) is 0.352. The van der Waals surface area contributed by atoms with Gasteiger partial charge in [0.2, 0.25) is 0 Å². The van der Waals surface area contributed by atoms with Gasteiger partial charge in [-0.2, -0.15) is 0 Å². The summed E-state index contributed by atoms with van der Waals surface area (Å²) < 4.78 is 0. The fourth-order valence-corrected chi connectivity index (χ4v) is 5.12. The number of nitrogens with zero attached hydrogens (tertiary/aromatic N) is 3. The average Bonchev–Trinajstić information content (AvgIpc) is 2.92. The number of halogens is 2. The number of hydrogen-bond acceptors (Lipinski definition) is 3. The number of aromatic nitrogens is 1. The summed E-state index contributed by atoms with van der Waals surface area (Å²) in [7, 11) is 0. The number of aryl methyl sites for hydroxylation is 1. The molecule has 0 saturated carbocycles. The predicted octanol–water partition coefficient (Wildman–Crippen LogP) is 7.65. The summed E-state index contributed by atoms with van der Waals surface area (Å²) in [5, 5.41) is 2.20. The van der Waals surface area contributed by atoms with Crippen molar-refractivity contribution in [1.29, 1.82) is 0 Å². The van der Waals surface area contributed by atoms with Crippen molar-refractivity contribution in [3.63, 3.8) is 0 Å². The number of para-hydroxylation sites is 1. The number of rotatable bonds is 2. The number of carbonyl (C=O) groups is 1. The van der Waals surface area contributed by atoms with Gasteiger partial charge in [-0.15, -0.1) is 0 Å². The molecule has 3 heterocycles. The van der Waals surface area contributed by atoms with Crippen LogP contribution in [0.2, 0.25) is 10.0 Å². The first-order valence-electron chi connectivity index (χ1n) is 12.8. The van der Waals surface area contributed by atoms with Crippen molar-refractivity contribution in [3.05, 3.63) is 75.9 Å². The minimum Gasteiger partial charge on any atom is -0.339 e. The maximum absolute atomic E-state index is 13.0. The van der Waals surface area contributed by atoms with Crippen LogP contribution in [0.4, 0.5) is 0 Å². The van der Waals surface area contributed by atoms with Gasteiger partial charge in [-0.3, -0.25) is 9.78 Å². The Balaban J connectivity index is 0.000000262. The van der Waals surface area contributed by atoms with E-state index in [9.17, 15) is 4.79 Å². The molecular weight excluding hydrogens is 477 g/mol. The average molecular weight is 515 g/mol. The van der Waals surface area contributed by atoms with Crippen molar-refractivity contribution >= 4 is 40.0 Å². The summed E-state index contributed by atoms with van der Waals surface area (Å²) >= 11 is 11.3. The van der Waals surface area contributed by atoms with Gasteiger partial charge in [0.05, 0.1) is 21.1 Å². The molecule has 0 radical (unpaired) electrons. The van der Waals surface area contributed by atoms with Crippen LogP contribution in [0.15, 0.2) is 54.7 Å². The molecule has 0 aliphatic carbocycles. The van der Waals surface area contributed by atoms with Crippen LogP contribution in [0.1, 0.15) is 61.9 Å². The zero-order chi connectivity index (χ0) is 25.2. The molecule has 0 unspecified atom stereocenters. The maximum Gasteiger partial charge on any atom is 0.254 e. The molecule has 0 atom stereocenters. The summed E-state index contributed by atoms with van der Waals surface area (Å²) in [6.07, 6.45) is 8.01. The molecule has 2 aromatic carbocycles. The summed E-state index contributed by atoms with van der Waals surface area (Å²) in [5.41, 5.74) is 2.81. The monoisotopic (exact) mass is 513 g/mol. The lowest BCUT2D eigenvalue weighted by Crippen LogP contribution is -2.48. The van der Waals surface area contributed by atoms with Crippen molar-refractivity contribution in [3.8, 4) is 0 Å². The smallest absolute Gasteiger partial charge is 0.254 e. The number of benzene rings is 2. The van der Waals surface area contributed by atoms with E-state index in [1.54, 1.807) is 12.3 Å². The molecule has 3 aromatic rings. The van der Waals surface area contributed by atoms with Gasteiger partial charge in [-0.25, -0.2) is 0 Å². The minimum atomic E-state index is 0.158. The third-order valence-corrected chi connectivity index (χ3v) is 7.35. The first kappa shape index (κ1) is 27.4. The molecule has 2 aliphatic rings. The number of amides is 1. The highest BCUT2D eigenvalue weighted by Crippen LogP contribution is 2.24.